The predicted molar refractivity (Wildman–Crippen MR) is 69.1 cm³/mol. The highest BCUT2D eigenvalue weighted by Gasteiger charge is 2.28. The molecule has 0 radical (unpaired) electrons. The lowest BCUT2D eigenvalue weighted by molar-refractivity contribution is -0.117. The maximum atomic E-state index is 11.6. The first kappa shape index (κ1) is 11.2. The number of amides is 1. The molecule has 1 aliphatic heterocycles. The minimum Gasteiger partial charge on any atom is -0.326 e. The fraction of sp³-hybridized carbons (Fsp3) is 0.300. The third-order valence-electron chi connectivity index (χ3n) is 2.37. The molecule has 1 aromatic rings. The van der Waals surface area contributed by atoms with E-state index in [-0.39, 0.29) is 11.9 Å². The van der Waals surface area contributed by atoms with Crippen molar-refractivity contribution < 1.29 is 4.79 Å². The molecule has 1 unspecified atom stereocenters. The van der Waals surface area contributed by atoms with Gasteiger partial charge in [-0.25, -0.2) is 0 Å². The van der Waals surface area contributed by atoms with Crippen molar-refractivity contribution >= 4 is 45.8 Å². The Kier molecular flexibility index (Phi) is 3.18. The lowest BCUT2D eigenvalue weighted by Crippen LogP contribution is -2.27. The van der Waals surface area contributed by atoms with Gasteiger partial charge < -0.3 is 10.6 Å². The van der Waals surface area contributed by atoms with Crippen molar-refractivity contribution in [3.63, 3.8) is 0 Å². The van der Waals surface area contributed by atoms with Crippen molar-refractivity contribution in [1.82, 2.24) is 0 Å². The predicted octanol–water partition coefficient (Wildman–Crippen LogP) is 2.01. The number of carbonyl (C=O) groups is 1. The summed E-state index contributed by atoms with van der Waals surface area (Å²) in [4.78, 5) is 13.3. The van der Waals surface area contributed by atoms with Gasteiger partial charge in [0.25, 0.3) is 0 Å². The highest BCUT2D eigenvalue weighted by molar-refractivity contribution is 14.1. The lowest BCUT2D eigenvalue weighted by atomic mass is 10.3. The Morgan fingerprint density at radius 3 is 2.80 bits per heavy atom. The van der Waals surface area contributed by atoms with Gasteiger partial charge in [-0.1, -0.05) is 11.6 Å². The second kappa shape index (κ2) is 4.27. The van der Waals surface area contributed by atoms with E-state index in [9.17, 15) is 4.79 Å². The number of nitrogens with zero attached hydrogens (tertiary/aromatic N) is 1. The van der Waals surface area contributed by atoms with Crippen molar-refractivity contribution in [3.8, 4) is 0 Å². The summed E-state index contributed by atoms with van der Waals surface area (Å²) in [5.41, 5.74) is 6.56. The summed E-state index contributed by atoms with van der Waals surface area (Å²) < 4.78 is 0.981. The molecule has 0 aliphatic carbocycles. The summed E-state index contributed by atoms with van der Waals surface area (Å²) in [5.74, 6) is 0.0692. The van der Waals surface area contributed by atoms with Gasteiger partial charge in [-0.15, -0.1) is 0 Å². The van der Waals surface area contributed by atoms with E-state index in [1.165, 1.54) is 0 Å². The van der Waals surface area contributed by atoms with Crippen LogP contribution in [0.4, 0.5) is 5.69 Å². The third kappa shape index (κ3) is 2.26. The zero-order valence-electron chi connectivity index (χ0n) is 7.91. The van der Waals surface area contributed by atoms with Gasteiger partial charge in [-0.05, 0) is 40.8 Å². The van der Waals surface area contributed by atoms with Crippen LogP contribution in [0.2, 0.25) is 5.02 Å². The second-order valence-corrected chi connectivity index (χ2v) is 5.14. The molecule has 1 atom stereocenters. The van der Waals surface area contributed by atoms with Crippen LogP contribution < -0.4 is 10.6 Å². The smallest absolute Gasteiger partial charge is 0.228 e. The van der Waals surface area contributed by atoms with Crippen LogP contribution in [-0.2, 0) is 4.79 Å². The van der Waals surface area contributed by atoms with Gasteiger partial charge >= 0.3 is 0 Å². The van der Waals surface area contributed by atoms with Gasteiger partial charge in [-0.3, -0.25) is 4.79 Å². The number of nitrogens with two attached hydrogens (primary N) is 1. The Morgan fingerprint density at radius 2 is 2.27 bits per heavy atom. The van der Waals surface area contributed by atoms with Crippen LogP contribution in [0, 0.1) is 3.57 Å². The normalized spacial score (nSPS) is 21.1. The van der Waals surface area contributed by atoms with E-state index in [2.05, 4.69) is 22.6 Å². The van der Waals surface area contributed by atoms with Gasteiger partial charge in [0.15, 0.2) is 0 Å². The average molecular weight is 337 g/mol. The van der Waals surface area contributed by atoms with Crippen molar-refractivity contribution in [2.75, 3.05) is 11.4 Å². The number of halogens is 2. The standard InChI is InChI=1S/C10H10ClIN2O/c11-8-4-7(1-2-9(8)12)14-5-6(13)3-10(14)15/h1-2,4,6H,3,5,13H2. The van der Waals surface area contributed by atoms with Crippen molar-refractivity contribution in [2.24, 2.45) is 5.73 Å². The molecule has 0 bridgehead atoms. The van der Waals surface area contributed by atoms with E-state index in [4.69, 9.17) is 17.3 Å². The van der Waals surface area contributed by atoms with Gasteiger partial charge in [0.2, 0.25) is 5.91 Å². The van der Waals surface area contributed by atoms with Crippen LogP contribution >= 0.6 is 34.2 Å². The minimum atomic E-state index is -0.0597. The van der Waals surface area contributed by atoms with Crippen LogP contribution in [0.25, 0.3) is 0 Å². The number of rotatable bonds is 1. The number of hydrogen-bond donors (Lipinski definition) is 1. The van der Waals surface area contributed by atoms with E-state index in [0.717, 1.165) is 9.26 Å². The van der Waals surface area contributed by atoms with Crippen LogP contribution in [-0.4, -0.2) is 18.5 Å². The molecule has 2 N–H and O–H groups in total. The Morgan fingerprint density at radius 1 is 1.53 bits per heavy atom. The summed E-state index contributed by atoms with van der Waals surface area (Å²) in [6, 6.07) is 5.54. The molecule has 1 saturated heterocycles. The maximum absolute atomic E-state index is 11.6. The lowest BCUT2D eigenvalue weighted by Gasteiger charge is -2.16. The van der Waals surface area contributed by atoms with Gasteiger partial charge in [-0.2, -0.15) is 0 Å². The molecule has 2 rings (SSSR count). The van der Waals surface area contributed by atoms with E-state index >= 15 is 0 Å². The fourth-order valence-corrected chi connectivity index (χ4v) is 2.15. The zero-order chi connectivity index (χ0) is 11.0. The Balaban J connectivity index is 2.30. The molecule has 1 heterocycles. The Labute approximate surface area is 107 Å². The number of anilines is 1. The van der Waals surface area contributed by atoms with Crippen LogP contribution in [0.1, 0.15) is 6.42 Å². The van der Waals surface area contributed by atoms with Gasteiger partial charge in [0, 0.05) is 28.3 Å². The fourth-order valence-electron chi connectivity index (χ4n) is 1.64. The highest BCUT2D eigenvalue weighted by Crippen LogP contribution is 2.27. The molecule has 1 aromatic carbocycles. The summed E-state index contributed by atoms with van der Waals surface area (Å²) >= 11 is 8.15. The monoisotopic (exact) mass is 336 g/mol. The molecule has 1 amide bonds. The first-order chi connectivity index (χ1) is 7.08. The molecule has 80 valence electrons. The molecule has 3 nitrogen and oxygen atoms in total. The second-order valence-electron chi connectivity index (χ2n) is 3.57. The SMILES string of the molecule is NC1CC(=O)N(c2ccc(I)c(Cl)c2)C1. The molecule has 15 heavy (non-hydrogen) atoms. The van der Waals surface area contributed by atoms with Crippen LogP contribution in [0.3, 0.4) is 0 Å². The Bertz CT molecular complexity index is 410. The van der Waals surface area contributed by atoms with Crippen molar-refractivity contribution in [1.29, 1.82) is 0 Å². The molecule has 5 heteroatoms. The highest BCUT2D eigenvalue weighted by atomic mass is 127. The summed E-state index contributed by atoms with van der Waals surface area (Å²) in [5, 5.41) is 0.668. The van der Waals surface area contributed by atoms with Crippen LogP contribution in [0.5, 0.6) is 0 Å². The topological polar surface area (TPSA) is 46.3 Å². The first-order valence-corrected chi connectivity index (χ1v) is 6.04. The number of benzene rings is 1. The number of carbonyl (C=O) groups excluding carboxylic acids is 1. The molecule has 0 spiro atoms. The van der Waals surface area contributed by atoms with E-state index in [1.54, 1.807) is 11.0 Å². The van der Waals surface area contributed by atoms with Crippen LogP contribution in [0.15, 0.2) is 18.2 Å². The van der Waals surface area contributed by atoms with E-state index in [1.807, 2.05) is 12.1 Å². The Hall–Kier alpha value is -0.330. The van der Waals surface area contributed by atoms with Crippen molar-refractivity contribution in [3.05, 3.63) is 26.8 Å². The van der Waals surface area contributed by atoms with E-state index in [0.29, 0.717) is 18.0 Å². The summed E-state index contributed by atoms with van der Waals surface area (Å²) in [6.07, 6.45) is 0.420. The minimum absolute atomic E-state index is 0.0597. The largest absolute Gasteiger partial charge is 0.326 e. The average Bonchev–Trinajstić information content (AvgIpc) is 2.50. The quantitative estimate of drug-likeness (QED) is 0.798. The third-order valence-corrected chi connectivity index (χ3v) is 3.94. The molecule has 1 fully saturated rings. The first-order valence-electron chi connectivity index (χ1n) is 4.59. The number of hydrogen-bond acceptors (Lipinski definition) is 2. The summed E-state index contributed by atoms with van der Waals surface area (Å²) in [7, 11) is 0. The molecule has 1 aliphatic rings. The molecule has 0 saturated carbocycles. The van der Waals surface area contributed by atoms with Gasteiger partial charge in [0.05, 0.1) is 5.02 Å². The maximum Gasteiger partial charge on any atom is 0.228 e. The molecule has 0 aromatic heterocycles. The van der Waals surface area contributed by atoms with Crippen molar-refractivity contribution in [2.45, 2.75) is 12.5 Å². The molecular weight excluding hydrogens is 326 g/mol. The summed E-state index contributed by atoms with van der Waals surface area (Å²) in [6.45, 7) is 0.579. The van der Waals surface area contributed by atoms with Gasteiger partial charge in [0.1, 0.15) is 0 Å². The van der Waals surface area contributed by atoms with E-state index < -0.39 is 0 Å². The zero-order valence-corrected chi connectivity index (χ0v) is 10.8. The molecular formula is C10H10ClIN2O.